The highest BCUT2D eigenvalue weighted by Crippen LogP contribution is 2.46. The van der Waals surface area contributed by atoms with Crippen LogP contribution in [0.1, 0.15) is 55.4 Å². The Labute approximate surface area is 139 Å². The van der Waals surface area contributed by atoms with Crippen LogP contribution in [0.3, 0.4) is 0 Å². The molecule has 6 nitrogen and oxygen atoms in total. The highest BCUT2D eigenvalue weighted by Gasteiger charge is 2.55. The first kappa shape index (κ1) is 15.1. The van der Waals surface area contributed by atoms with Crippen molar-refractivity contribution in [1.29, 1.82) is 0 Å². The van der Waals surface area contributed by atoms with E-state index in [0.29, 0.717) is 18.1 Å². The van der Waals surface area contributed by atoms with E-state index in [1.54, 1.807) is 0 Å². The Morgan fingerprint density at radius 3 is 2.83 bits per heavy atom. The lowest BCUT2D eigenvalue weighted by molar-refractivity contribution is -0.140. The third kappa shape index (κ3) is 2.09. The molecule has 2 aliphatic rings. The van der Waals surface area contributed by atoms with Crippen molar-refractivity contribution in [2.24, 2.45) is 0 Å². The third-order valence-electron chi connectivity index (χ3n) is 5.04. The average molecular weight is 325 g/mol. The van der Waals surface area contributed by atoms with E-state index in [-0.39, 0.29) is 30.7 Å². The van der Waals surface area contributed by atoms with E-state index in [1.807, 2.05) is 38.1 Å². The van der Waals surface area contributed by atoms with E-state index in [4.69, 9.17) is 4.52 Å². The largest absolute Gasteiger partial charge is 0.339 e. The van der Waals surface area contributed by atoms with Gasteiger partial charge in [0.2, 0.25) is 17.7 Å². The van der Waals surface area contributed by atoms with Crippen molar-refractivity contribution >= 4 is 11.8 Å². The lowest BCUT2D eigenvalue weighted by Crippen LogP contribution is -2.37. The van der Waals surface area contributed by atoms with Crippen LogP contribution in [-0.4, -0.2) is 26.9 Å². The lowest BCUT2D eigenvalue weighted by atomic mass is 9.80. The minimum atomic E-state index is -0.696. The molecule has 1 aliphatic carbocycles. The van der Waals surface area contributed by atoms with Gasteiger partial charge in [-0.2, -0.15) is 4.98 Å². The molecule has 2 amide bonds. The van der Waals surface area contributed by atoms with Crippen LogP contribution in [0.5, 0.6) is 0 Å². The Morgan fingerprint density at radius 2 is 2.08 bits per heavy atom. The molecule has 24 heavy (non-hydrogen) atoms. The molecule has 0 N–H and O–H groups in total. The number of imide groups is 1. The summed E-state index contributed by atoms with van der Waals surface area (Å²) in [5, 5.41) is 3.90. The average Bonchev–Trinajstić information content (AvgIpc) is 3.23. The smallest absolute Gasteiger partial charge is 0.240 e. The highest BCUT2D eigenvalue weighted by molar-refractivity contribution is 6.09. The van der Waals surface area contributed by atoms with E-state index in [9.17, 15) is 9.59 Å². The second-order valence-corrected chi connectivity index (χ2v) is 6.90. The number of nitrogens with zero attached hydrogens (tertiary/aromatic N) is 3. The Kier molecular flexibility index (Phi) is 3.30. The standard InChI is InChI=1S/C18H19N3O3/c1-11(2)16-19-14(20-24-16)10-21-15(22)9-18(17(21)23)8-7-12-5-3-4-6-13(12)18/h3-6,11H,7-10H2,1-2H3. The number of carbonyl (C=O) groups is 2. The number of fused-ring (bicyclic) bond motifs is 2. The molecule has 1 aromatic carbocycles. The maximum Gasteiger partial charge on any atom is 0.240 e. The van der Waals surface area contributed by atoms with Gasteiger partial charge in [-0.25, -0.2) is 0 Å². The SMILES string of the molecule is CC(C)c1nc(CN2C(=O)CC3(CCc4ccccc43)C2=O)no1. The van der Waals surface area contributed by atoms with Gasteiger partial charge in [0, 0.05) is 12.3 Å². The summed E-state index contributed by atoms with van der Waals surface area (Å²) < 4.78 is 5.17. The Balaban J connectivity index is 1.63. The van der Waals surface area contributed by atoms with Gasteiger partial charge >= 0.3 is 0 Å². The summed E-state index contributed by atoms with van der Waals surface area (Å²) in [7, 11) is 0. The molecule has 1 aliphatic heterocycles. The lowest BCUT2D eigenvalue weighted by Gasteiger charge is -2.22. The number of aryl methyl sites for hydroxylation is 1. The van der Waals surface area contributed by atoms with Crippen molar-refractivity contribution in [3.8, 4) is 0 Å². The van der Waals surface area contributed by atoms with Gasteiger partial charge in [0.1, 0.15) is 0 Å². The molecule has 1 saturated heterocycles. The van der Waals surface area contributed by atoms with Crippen LogP contribution in [0.15, 0.2) is 28.8 Å². The van der Waals surface area contributed by atoms with Crippen LogP contribution in [0.25, 0.3) is 0 Å². The number of hydrogen-bond acceptors (Lipinski definition) is 5. The topological polar surface area (TPSA) is 76.3 Å². The van der Waals surface area contributed by atoms with Crippen LogP contribution >= 0.6 is 0 Å². The van der Waals surface area contributed by atoms with Gasteiger partial charge in [-0.3, -0.25) is 14.5 Å². The molecule has 0 radical (unpaired) electrons. The fourth-order valence-electron chi connectivity index (χ4n) is 3.76. The van der Waals surface area contributed by atoms with Gasteiger partial charge in [0.15, 0.2) is 5.82 Å². The number of hydrogen-bond donors (Lipinski definition) is 0. The van der Waals surface area contributed by atoms with Crippen molar-refractivity contribution in [1.82, 2.24) is 15.0 Å². The minimum Gasteiger partial charge on any atom is -0.339 e. The van der Waals surface area contributed by atoms with E-state index in [1.165, 1.54) is 10.5 Å². The second kappa shape index (κ2) is 5.26. The fraction of sp³-hybridized carbons (Fsp3) is 0.444. The molecule has 6 heteroatoms. The number of benzene rings is 1. The summed E-state index contributed by atoms with van der Waals surface area (Å²) in [5.74, 6) is 0.721. The molecule has 1 unspecified atom stereocenters. The summed E-state index contributed by atoms with van der Waals surface area (Å²) >= 11 is 0. The van der Waals surface area contributed by atoms with Crippen LogP contribution < -0.4 is 0 Å². The maximum atomic E-state index is 13.1. The summed E-state index contributed by atoms with van der Waals surface area (Å²) in [4.78, 5) is 31.2. The van der Waals surface area contributed by atoms with Gasteiger partial charge in [0.25, 0.3) is 0 Å². The molecule has 1 fully saturated rings. The van der Waals surface area contributed by atoms with Gasteiger partial charge < -0.3 is 4.52 Å². The fourth-order valence-corrected chi connectivity index (χ4v) is 3.76. The highest BCUT2D eigenvalue weighted by atomic mass is 16.5. The normalized spacial score (nSPS) is 22.9. The van der Waals surface area contributed by atoms with E-state index >= 15 is 0 Å². The molecule has 1 spiro atoms. The summed E-state index contributed by atoms with van der Waals surface area (Å²) in [5.41, 5.74) is 1.47. The molecule has 2 heterocycles. The summed E-state index contributed by atoms with van der Waals surface area (Å²) in [6, 6.07) is 7.92. The van der Waals surface area contributed by atoms with Crippen LogP contribution in [0.2, 0.25) is 0 Å². The summed E-state index contributed by atoms with van der Waals surface area (Å²) in [6.45, 7) is 3.99. The molecular weight excluding hydrogens is 306 g/mol. The number of carbonyl (C=O) groups excluding carboxylic acids is 2. The first-order valence-electron chi connectivity index (χ1n) is 8.27. The first-order valence-corrected chi connectivity index (χ1v) is 8.27. The molecule has 4 rings (SSSR count). The van der Waals surface area contributed by atoms with Gasteiger partial charge in [-0.1, -0.05) is 43.3 Å². The van der Waals surface area contributed by atoms with Gasteiger partial charge in [-0.15, -0.1) is 0 Å². The number of aromatic nitrogens is 2. The van der Waals surface area contributed by atoms with E-state index < -0.39 is 5.41 Å². The van der Waals surface area contributed by atoms with Crippen LogP contribution in [0.4, 0.5) is 0 Å². The Bertz CT molecular complexity index is 826. The number of amides is 2. The van der Waals surface area contributed by atoms with Gasteiger partial charge in [0.05, 0.1) is 12.0 Å². The van der Waals surface area contributed by atoms with Crippen LogP contribution in [-0.2, 0) is 28.0 Å². The predicted octanol–water partition coefficient (Wildman–Crippen LogP) is 2.34. The predicted molar refractivity (Wildman–Crippen MR) is 85.0 cm³/mol. The van der Waals surface area contributed by atoms with Crippen molar-refractivity contribution in [3.63, 3.8) is 0 Å². The molecule has 0 bridgehead atoms. The first-order chi connectivity index (χ1) is 11.5. The zero-order valence-corrected chi connectivity index (χ0v) is 13.8. The molecule has 1 aromatic heterocycles. The molecule has 0 saturated carbocycles. The van der Waals surface area contributed by atoms with Gasteiger partial charge in [-0.05, 0) is 24.0 Å². The Hall–Kier alpha value is -2.50. The molecular formula is C18H19N3O3. The summed E-state index contributed by atoms with van der Waals surface area (Å²) in [6.07, 6.45) is 1.76. The maximum absolute atomic E-state index is 13.1. The molecule has 1 atom stereocenters. The van der Waals surface area contributed by atoms with Crippen molar-refractivity contribution in [2.45, 2.75) is 51.0 Å². The zero-order chi connectivity index (χ0) is 16.9. The second-order valence-electron chi connectivity index (χ2n) is 6.90. The third-order valence-corrected chi connectivity index (χ3v) is 5.04. The van der Waals surface area contributed by atoms with Crippen LogP contribution in [0, 0.1) is 0 Å². The van der Waals surface area contributed by atoms with Crippen molar-refractivity contribution in [2.75, 3.05) is 0 Å². The van der Waals surface area contributed by atoms with E-state index in [0.717, 1.165) is 12.0 Å². The number of rotatable bonds is 3. The van der Waals surface area contributed by atoms with E-state index in [2.05, 4.69) is 10.1 Å². The zero-order valence-electron chi connectivity index (χ0n) is 13.8. The Morgan fingerprint density at radius 1 is 1.29 bits per heavy atom. The van der Waals surface area contributed by atoms with Crippen molar-refractivity contribution < 1.29 is 14.1 Å². The quantitative estimate of drug-likeness (QED) is 0.810. The minimum absolute atomic E-state index is 0.0812. The monoisotopic (exact) mass is 325 g/mol. The number of likely N-dealkylation sites (tertiary alicyclic amines) is 1. The molecule has 124 valence electrons. The van der Waals surface area contributed by atoms with Crippen molar-refractivity contribution in [3.05, 3.63) is 47.1 Å². The molecule has 2 aromatic rings.